The molecule has 0 saturated carbocycles. The zero-order chi connectivity index (χ0) is 25.6. The van der Waals surface area contributed by atoms with E-state index in [1.165, 1.54) is 16.0 Å². The van der Waals surface area contributed by atoms with E-state index in [2.05, 4.69) is 17.4 Å². The lowest BCUT2D eigenvalue weighted by molar-refractivity contribution is -0.159. The van der Waals surface area contributed by atoms with E-state index in [0.29, 0.717) is 17.6 Å². The highest BCUT2D eigenvalue weighted by Crippen LogP contribution is 2.36. The second-order valence-corrected chi connectivity index (χ2v) is 10.7. The maximum atomic E-state index is 14.3. The van der Waals surface area contributed by atoms with Crippen molar-refractivity contribution in [1.29, 1.82) is 0 Å². The molecule has 0 bridgehead atoms. The molecule has 1 fully saturated rings. The molecule has 1 aliphatic carbocycles. The SMILES string of the molecule is CC(C)C[C@@H]1C(=O)N[C@H](C2Cc3ccccc3C2)C(=O)N1[C@@H](C(=O)N(C)C)c1ccc2occc2c1. The van der Waals surface area contributed by atoms with Crippen molar-refractivity contribution in [1.82, 2.24) is 15.1 Å². The standard InChI is InChI=1S/C29H33N3O4/c1-17(2)13-23-27(33)30-25(22-14-18-7-5-6-8-19(18)15-22)28(34)32(23)26(29(35)31(3)4)21-9-10-24-20(16-21)11-12-36-24/h5-12,16-17,22-23,25-26H,13-15H2,1-4H3,(H,30,33)/t23-,25-,26-/m1/s1. The van der Waals surface area contributed by atoms with E-state index in [0.717, 1.165) is 18.2 Å². The van der Waals surface area contributed by atoms with Gasteiger partial charge in [0.25, 0.3) is 0 Å². The van der Waals surface area contributed by atoms with Crippen LogP contribution in [0.3, 0.4) is 0 Å². The second kappa shape index (κ2) is 9.45. The van der Waals surface area contributed by atoms with Crippen molar-refractivity contribution < 1.29 is 18.8 Å². The average molecular weight is 488 g/mol. The summed E-state index contributed by atoms with van der Waals surface area (Å²) in [5.74, 6) is -0.499. The monoisotopic (exact) mass is 487 g/mol. The molecule has 0 spiro atoms. The normalized spacial score (nSPS) is 21.1. The highest BCUT2D eigenvalue weighted by Gasteiger charge is 2.49. The van der Waals surface area contributed by atoms with Gasteiger partial charge in [0.05, 0.1) is 6.26 Å². The van der Waals surface area contributed by atoms with Crippen molar-refractivity contribution in [2.24, 2.45) is 11.8 Å². The first-order chi connectivity index (χ1) is 17.2. The van der Waals surface area contributed by atoms with Gasteiger partial charge in [0.2, 0.25) is 17.7 Å². The van der Waals surface area contributed by atoms with Gasteiger partial charge in [-0.25, -0.2) is 0 Å². The van der Waals surface area contributed by atoms with E-state index in [9.17, 15) is 14.4 Å². The molecule has 1 aliphatic heterocycles. The van der Waals surface area contributed by atoms with Gasteiger partial charge < -0.3 is 19.5 Å². The fraction of sp³-hybridized carbons (Fsp3) is 0.414. The van der Waals surface area contributed by atoms with Gasteiger partial charge in [0.1, 0.15) is 23.7 Å². The lowest BCUT2D eigenvalue weighted by atomic mass is 9.87. The fourth-order valence-corrected chi connectivity index (χ4v) is 5.70. The molecule has 1 aromatic heterocycles. The number of hydrogen-bond acceptors (Lipinski definition) is 4. The number of rotatable bonds is 6. The van der Waals surface area contributed by atoms with Crippen LogP contribution in [0.4, 0.5) is 0 Å². The van der Waals surface area contributed by atoms with Gasteiger partial charge in [0.15, 0.2) is 0 Å². The van der Waals surface area contributed by atoms with Crippen LogP contribution in [0.2, 0.25) is 0 Å². The maximum Gasteiger partial charge on any atom is 0.249 e. The lowest BCUT2D eigenvalue weighted by Gasteiger charge is -2.45. The van der Waals surface area contributed by atoms with Crippen LogP contribution >= 0.6 is 0 Å². The van der Waals surface area contributed by atoms with E-state index in [-0.39, 0.29) is 29.6 Å². The van der Waals surface area contributed by atoms with E-state index >= 15 is 0 Å². The Kier molecular flexibility index (Phi) is 6.33. The molecule has 3 aromatic rings. The van der Waals surface area contributed by atoms with Gasteiger partial charge in [-0.1, -0.05) is 44.2 Å². The largest absolute Gasteiger partial charge is 0.464 e. The van der Waals surface area contributed by atoms with Crippen LogP contribution in [0.5, 0.6) is 0 Å². The van der Waals surface area contributed by atoms with Crippen LogP contribution in [0.15, 0.2) is 59.2 Å². The van der Waals surface area contributed by atoms with Crippen LogP contribution in [0.25, 0.3) is 11.0 Å². The maximum absolute atomic E-state index is 14.3. The molecule has 5 rings (SSSR count). The number of nitrogens with one attached hydrogen (secondary N) is 1. The molecule has 3 atom stereocenters. The van der Waals surface area contributed by atoms with Crippen molar-refractivity contribution in [2.45, 2.75) is 51.2 Å². The molecule has 1 N–H and O–H groups in total. The minimum absolute atomic E-state index is 0.0483. The lowest BCUT2D eigenvalue weighted by Crippen LogP contribution is -2.67. The summed E-state index contributed by atoms with van der Waals surface area (Å²) in [6, 6.07) is 13.2. The Hall–Kier alpha value is -3.61. The minimum Gasteiger partial charge on any atom is -0.464 e. The molecule has 2 heterocycles. The number of carbonyl (C=O) groups is 3. The fourth-order valence-electron chi connectivity index (χ4n) is 5.70. The number of hydrogen-bond donors (Lipinski definition) is 1. The molecule has 3 amide bonds. The van der Waals surface area contributed by atoms with Crippen molar-refractivity contribution >= 4 is 28.7 Å². The number of carbonyl (C=O) groups excluding carboxylic acids is 3. The Balaban J connectivity index is 1.57. The van der Waals surface area contributed by atoms with Crippen molar-refractivity contribution in [3.63, 3.8) is 0 Å². The minimum atomic E-state index is -0.909. The first-order valence-corrected chi connectivity index (χ1v) is 12.6. The number of furan rings is 1. The molecular weight excluding hydrogens is 454 g/mol. The quantitative estimate of drug-likeness (QED) is 0.575. The molecule has 7 nitrogen and oxygen atoms in total. The third kappa shape index (κ3) is 4.27. The zero-order valence-corrected chi connectivity index (χ0v) is 21.2. The molecule has 188 valence electrons. The second-order valence-electron chi connectivity index (χ2n) is 10.7. The van der Waals surface area contributed by atoms with Crippen LogP contribution in [0, 0.1) is 11.8 Å². The summed E-state index contributed by atoms with van der Waals surface area (Å²) in [6.45, 7) is 4.05. The van der Waals surface area contributed by atoms with E-state index in [4.69, 9.17) is 4.42 Å². The van der Waals surface area contributed by atoms with Gasteiger partial charge in [-0.3, -0.25) is 14.4 Å². The van der Waals surface area contributed by atoms with E-state index in [1.54, 1.807) is 25.3 Å². The molecule has 0 unspecified atom stereocenters. The summed E-state index contributed by atoms with van der Waals surface area (Å²) < 4.78 is 5.49. The van der Waals surface area contributed by atoms with E-state index < -0.39 is 18.1 Å². The first kappa shape index (κ1) is 24.1. The molecule has 2 aromatic carbocycles. The highest BCUT2D eigenvalue weighted by molar-refractivity contribution is 6.00. The van der Waals surface area contributed by atoms with Gasteiger partial charge in [-0.2, -0.15) is 0 Å². The topological polar surface area (TPSA) is 82.9 Å². The van der Waals surface area contributed by atoms with Crippen LogP contribution in [-0.4, -0.2) is 53.7 Å². The van der Waals surface area contributed by atoms with Gasteiger partial charge in [-0.15, -0.1) is 0 Å². The third-order valence-corrected chi connectivity index (χ3v) is 7.45. The Bertz CT molecular complexity index is 1290. The molecule has 7 heteroatoms. The molecule has 36 heavy (non-hydrogen) atoms. The number of nitrogens with zero attached hydrogens (tertiary/aromatic N) is 2. The van der Waals surface area contributed by atoms with E-state index in [1.807, 2.05) is 50.2 Å². The summed E-state index contributed by atoms with van der Waals surface area (Å²) in [4.78, 5) is 44.6. The first-order valence-electron chi connectivity index (χ1n) is 12.6. The summed E-state index contributed by atoms with van der Waals surface area (Å²) in [6.07, 6.45) is 3.53. The third-order valence-electron chi connectivity index (χ3n) is 7.45. The van der Waals surface area contributed by atoms with Crippen molar-refractivity contribution in [3.8, 4) is 0 Å². The van der Waals surface area contributed by atoms with Gasteiger partial charge in [-0.05, 0) is 66.0 Å². The predicted octanol–water partition coefficient (Wildman–Crippen LogP) is 3.72. The van der Waals surface area contributed by atoms with Crippen molar-refractivity contribution in [2.75, 3.05) is 14.1 Å². The Morgan fingerprint density at radius 1 is 1.08 bits per heavy atom. The predicted molar refractivity (Wildman–Crippen MR) is 137 cm³/mol. The van der Waals surface area contributed by atoms with Crippen molar-refractivity contribution in [3.05, 3.63) is 71.5 Å². The molecule has 0 radical (unpaired) electrons. The summed E-state index contributed by atoms with van der Waals surface area (Å²) in [5, 5.41) is 3.91. The smallest absolute Gasteiger partial charge is 0.249 e. The summed E-state index contributed by atoms with van der Waals surface area (Å²) in [5.41, 5.74) is 3.81. The highest BCUT2D eigenvalue weighted by atomic mass is 16.3. The molecule has 2 aliphatic rings. The Labute approximate surface area is 211 Å². The van der Waals surface area contributed by atoms with Crippen LogP contribution < -0.4 is 5.32 Å². The molecular formula is C29H33N3O4. The van der Waals surface area contributed by atoms with Crippen LogP contribution in [0.1, 0.15) is 43.0 Å². The van der Waals surface area contributed by atoms with Crippen LogP contribution in [-0.2, 0) is 27.2 Å². The summed E-state index contributed by atoms with van der Waals surface area (Å²) in [7, 11) is 3.37. The summed E-state index contributed by atoms with van der Waals surface area (Å²) >= 11 is 0. The Morgan fingerprint density at radius 3 is 2.42 bits per heavy atom. The number of likely N-dealkylation sites (N-methyl/N-ethyl adjacent to an activating group) is 1. The van der Waals surface area contributed by atoms with Gasteiger partial charge >= 0.3 is 0 Å². The number of benzene rings is 2. The number of fused-ring (bicyclic) bond motifs is 2. The average Bonchev–Trinajstić information content (AvgIpc) is 3.49. The molecule has 1 saturated heterocycles. The van der Waals surface area contributed by atoms with Gasteiger partial charge in [0, 0.05) is 19.5 Å². The zero-order valence-electron chi connectivity index (χ0n) is 21.2. The number of piperazine rings is 1. The number of amides is 3. The Morgan fingerprint density at radius 2 is 1.78 bits per heavy atom.